The van der Waals surface area contributed by atoms with Gasteiger partial charge in [0.2, 0.25) is 10.0 Å². The number of sulfonamides is 2. The van der Waals surface area contributed by atoms with Gasteiger partial charge in [-0.1, -0.05) is 35.9 Å². The van der Waals surface area contributed by atoms with Crippen molar-refractivity contribution in [3.63, 3.8) is 0 Å². The van der Waals surface area contributed by atoms with Gasteiger partial charge in [0, 0.05) is 0 Å². The molecule has 1 aliphatic heterocycles. The second-order valence-electron chi connectivity index (χ2n) is 6.53. The van der Waals surface area contributed by atoms with E-state index in [0.29, 0.717) is 4.31 Å². The van der Waals surface area contributed by atoms with Gasteiger partial charge in [-0.15, -0.1) is 6.58 Å². The quantitative estimate of drug-likeness (QED) is 0.707. The second-order valence-corrected chi connectivity index (χ2v) is 10.3. The van der Waals surface area contributed by atoms with Gasteiger partial charge in [0.25, 0.3) is 15.9 Å². The highest BCUT2D eigenvalue weighted by atomic mass is 32.2. The molecule has 0 N–H and O–H groups in total. The number of nitrogens with zero attached hydrogens (tertiary/aromatic N) is 2. The van der Waals surface area contributed by atoms with Crippen molar-refractivity contribution >= 4 is 31.6 Å². The van der Waals surface area contributed by atoms with Crippen molar-refractivity contribution in [2.75, 3.05) is 17.1 Å². The van der Waals surface area contributed by atoms with Crippen LogP contribution in [0, 0.1) is 6.92 Å². The SMILES string of the molecule is C=C[C@@H]1CN(S(=O)(=O)c2ccc(C)cc2)C(=O)c2ccccc2N1S(C)(=O)=O. The van der Waals surface area contributed by atoms with Crippen LogP contribution >= 0.6 is 0 Å². The van der Waals surface area contributed by atoms with Crippen LogP contribution in [0.2, 0.25) is 0 Å². The van der Waals surface area contributed by atoms with Gasteiger partial charge < -0.3 is 0 Å². The molecule has 28 heavy (non-hydrogen) atoms. The van der Waals surface area contributed by atoms with Crippen molar-refractivity contribution in [2.45, 2.75) is 17.9 Å². The van der Waals surface area contributed by atoms with Gasteiger partial charge in [0.15, 0.2) is 0 Å². The lowest BCUT2D eigenvalue weighted by atomic mass is 10.1. The smallest absolute Gasteiger partial charge is 0.268 e. The Morgan fingerprint density at radius 3 is 2.21 bits per heavy atom. The molecular weight excluding hydrogens is 400 g/mol. The van der Waals surface area contributed by atoms with Gasteiger partial charge in [-0.2, -0.15) is 0 Å². The Morgan fingerprint density at radius 1 is 1.04 bits per heavy atom. The molecule has 0 bridgehead atoms. The van der Waals surface area contributed by atoms with Crippen molar-refractivity contribution in [3.8, 4) is 0 Å². The largest absolute Gasteiger partial charge is 0.269 e. The minimum atomic E-state index is -4.19. The van der Waals surface area contributed by atoms with Crippen molar-refractivity contribution in [1.29, 1.82) is 0 Å². The zero-order chi connectivity index (χ0) is 20.7. The lowest BCUT2D eigenvalue weighted by Crippen LogP contribution is -2.46. The first-order valence-corrected chi connectivity index (χ1v) is 11.7. The van der Waals surface area contributed by atoms with E-state index < -0.39 is 32.0 Å². The van der Waals surface area contributed by atoms with E-state index in [1.165, 1.54) is 30.3 Å². The lowest BCUT2D eigenvalue weighted by Gasteiger charge is -2.29. The normalized spacial score (nSPS) is 17.8. The number of aryl methyl sites for hydroxylation is 1. The molecule has 0 saturated heterocycles. The molecule has 148 valence electrons. The Labute approximate surface area is 165 Å². The molecule has 1 amide bonds. The zero-order valence-corrected chi connectivity index (χ0v) is 17.1. The highest BCUT2D eigenvalue weighted by Gasteiger charge is 2.40. The number of anilines is 1. The van der Waals surface area contributed by atoms with E-state index in [9.17, 15) is 21.6 Å². The summed E-state index contributed by atoms with van der Waals surface area (Å²) in [7, 11) is -7.99. The van der Waals surface area contributed by atoms with Crippen LogP contribution in [0.15, 0.2) is 66.1 Å². The predicted molar refractivity (Wildman–Crippen MR) is 107 cm³/mol. The van der Waals surface area contributed by atoms with Crippen LogP contribution in [0.4, 0.5) is 5.69 Å². The minimum absolute atomic E-state index is 0.00652. The molecule has 2 aromatic rings. The third kappa shape index (κ3) is 3.43. The molecule has 1 atom stereocenters. The summed E-state index contributed by atoms with van der Waals surface area (Å²) < 4.78 is 53.0. The Kier molecular flexibility index (Phi) is 5.07. The van der Waals surface area contributed by atoms with E-state index in [0.717, 1.165) is 16.1 Å². The predicted octanol–water partition coefficient (Wildman–Crippen LogP) is 2.16. The summed E-state index contributed by atoms with van der Waals surface area (Å²) >= 11 is 0. The third-order valence-corrected chi connectivity index (χ3v) is 7.44. The number of rotatable bonds is 4. The monoisotopic (exact) mass is 420 g/mol. The van der Waals surface area contributed by atoms with Crippen molar-refractivity contribution in [3.05, 3.63) is 72.3 Å². The van der Waals surface area contributed by atoms with E-state index in [1.807, 2.05) is 6.92 Å². The van der Waals surface area contributed by atoms with Crippen LogP contribution in [-0.4, -0.2) is 45.9 Å². The van der Waals surface area contributed by atoms with Crippen molar-refractivity contribution in [2.24, 2.45) is 0 Å². The molecule has 1 aliphatic rings. The van der Waals surface area contributed by atoms with Gasteiger partial charge >= 0.3 is 0 Å². The molecular formula is C19H20N2O5S2. The maximum absolute atomic E-state index is 13.2. The minimum Gasteiger partial charge on any atom is -0.268 e. The number of hydrogen-bond donors (Lipinski definition) is 0. The van der Waals surface area contributed by atoms with Crippen LogP contribution < -0.4 is 4.31 Å². The Bertz CT molecular complexity index is 1140. The Morgan fingerprint density at radius 2 is 1.64 bits per heavy atom. The molecule has 0 unspecified atom stereocenters. The lowest BCUT2D eigenvalue weighted by molar-refractivity contribution is 0.0865. The fraction of sp³-hybridized carbons (Fsp3) is 0.211. The number of carbonyl (C=O) groups excluding carboxylic acids is 1. The van der Waals surface area contributed by atoms with Crippen LogP contribution in [0.3, 0.4) is 0 Å². The third-order valence-electron chi connectivity index (χ3n) is 4.49. The van der Waals surface area contributed by atoms with Gasteiger partial charge in [-0.05, 0) is 31.2 Å². The topological polar surface area (TPSA) is 91.8 Å². The van der Waals surface area contributed by atoms with Crippen LogP contribution in [0.1, 0.15) is 15.9 Å². The molecule has 0 spiro atoms. The number of fused-ring (bicyclic) bond motifs is 1. The molecule has 2 aromatic carbocycles. The Balaban J connectivity index is 2.22. The number of para-hydroxylation sites is 1. The summed E-state index contributed by atoms with van der Waals surface area (Å²) in [6.07, 6.45) is 2.34. The molecule has 0 aliphatic carbocycles. The summed E-state index contributed by atoms with van der Waals surface area (Å²) in [4.78, 5) is 13.1. The van der Waals surface area contributed by atoms with Crippen LogP contribution in [0.5, 0.6) is 0 Å². The molecule has 0 fully saturated rings. The number of hydrogen-bond acceptors (Lipinski definition) is 5. The maximum Gasteiger partial charge on any atom is 0.269 e. The molecule has 0 aromatic heterocycles. The first kappa shape index (κ1) is 20.1. The molecule has 9 heteroatoms. The fourth-order valence-corrected chi connectivity index (χ4v) is 5.69. The first-order chi connectivity index (χ1) is 13.1. The maximum atomic E-state index is 13.2. The van der Waals surface area contributed by atoms with E-state index >= 15 is 0 Å². The number of amides is 1. The van der Waals surface area contributed by atoms with Gasteiger partial charge in [-0.3, -0.25) is 9.10 Å². The first-order valence-electron chi connectivity index (χ1n) is 8.42. The molecule has 0 radical (unpaired) electrons. The average Bonchev–Trinajstić information content (AvgIpc) is 2.76. The van der Waals surface area contributed by atoms with Gasteiger partial charge in [-0.25, -0.2) is 21.1 Å². The number of benzene rings is 2. The van der Waals surface area contributed by atoms with Crippen molar-refractivity contribution in [1.82, 2.24) is 4.31 Å². The zero-order valence-electron chi connectivity index (χ0n) is 15.4. The number of carbonyl (C=O) groups is 1. The highest BCUT2D eigenvalue weighted by Crippen LogP contribution is 2.32. The fourth-order valence-electron chi connectivity index (χ4n) is 3.13. The van der Waals surface area contributed by atoms with E-state index in [2.05, 4.69) is 6.58 Å². The summed E-state index contributed by atoms with van der Waals surface area (Å²) in [6.45, 7) is 5.10. The molecule has 7 nitrogen and oxygen atoms in total. The molecule has 0 saturated carbocycles. The summed E-state index contributed by atoms with van der Waals surface area (Å²) in [5.74, 6) is -0.783. The highest BCUT2D eigenvalue weighted by molar-refractivity contribution is 7.92. The van der Waals surface area contributed by atoms with Crippen LogP contribution in [-0.2, 0) is 20.0 Å². The average molecular weight is 421 g/mol. The van der Waals surface area contributed by atoms with E-state index in [4.69, 9.17) is 0 Å². The van der Waals surface area contributed by atoms with Gasteiger partial charge in [0.05, 0.1) is 35.0 Å². The molecule has 1 heterocycles. The summed E-state index contributed by atoms with van der Waals surface area (Å²) in [5.41, 5.74) is 0.994. The molecule has 3 rings (SSSR count). The summed E-state index contributed by atoms with van der Waals surface area (Å²) in [5, 5.41) is 0. The van der Waals surface area contributed by atoms with Crippen molar-refractivity contribution < 1.29 is 21.6 Å². The Hall–Kier alpha value is -2.65. The van der Waals surface area contributed by atoms with E-state index in [1.54, 1.807) is 24.3 Å². The standard InChI is InChI=1S/C19H20N2O5S2/c1-4-15-13-20(28(25,26)16-11-9-14(2)10-12-16)19(22)17-7-5-6-8-18(17)21(15)27(3,23)24/h4-12,15H,1,13H2,2-3H3/t15-/m1/s1. The van der Waals surface area contributed by atoms with E-state index in [-0.39, 0.29) is 22.7 Å². The van der Waals surface area contributed by atoms with Gasteiger partial charge in [0.1, 0.15) is 0 Å². The second kappa shape index (κ2) is 7.06. The summed E-state index contributed by atoms with van der Waals surface area (Å²) in [6, 6.07) is 11.2. The van der Waals surface area contributed by atoms with Crippen LogP contribution in [0.25, 0.3) is 0 Å².